The summed E-state index contributed by atoms with van der Waals surface area (Å²) >= 11 is 0. The third-order valence-electron chi connectivity index (χ3n) is 4.70. The van der Waals surface area contributed by atoms with E-state index in [9.17, 15) is 0 Å². The van der Waals surface area contributed by atoms with Crippen LogP contribution in [0.3, 0.4) is 0 Å². The summed E-state index contributed by atoms with van der Waals surface area (Å²) in [6.07, 6.45) is 9.03. The summed E-state index contributed by atoms with van der Waals surface area (Å²) in [5.74, 6) is 0.872. The van der Waals surface area contributed by atoms with Crippen LogP contribution in [0.4, 0.5) is 0 Å². The summed E-state index contributed by atoms with van der Waals surface area (Å²) in [5.41, 5.74) is 1.97. The summed E-state index contributed by atoms with van der Waals surface area (Å²) in [6, 6.07) is 0.289. The van der Waals surface area contributed by atoms with E-state index in [1.807, 2.05) is 6.20 Å². The summed E-state index contributed by atoms with van der Waals surface area (Å²) in [7, 11) is 1.80. The smallest absolute Gasteiger partial charge is 0.160 e. The molecule has 1 aromatic heterocycles. The van der Waals surface area contributed by atoms with Crippen molar-refractivity contribution < 1.29 is 4.74 Å². The molecule has 1 unspecified atom stereocenters. The molecule has 0 aromatic carbocycles. The van der Waals surface area contributed by atoms with E-state index in [1.54, 1.807) is 7.11 Å². The lowest BCUT2D eigenvalue weighted by molar-refractivity contribution is -0.0353. The number of methoxy groups -OCH3 is 1. The number of nitrogens with zero attached hydrogens (tertiary/aromatic N) is 2. The molecular formula is C17H29N3O. The summed E-state index contributed by atoms with van der Waals surface area (Å²) in [6.45, 7) is 7.30. The van der Waals surface area contributed by atoms with Crippen molar-refractivity contribution in [2.24, 2.45) is 0 Å². The molecule has 4 nitrogen and oxygen atoms in total. The van der Waals surface area contributed by atoms with Crippen LogP contribution in [0.1, 0.15) is 75.5 Å². The fourth-order valence-electron chi connectivity index (χ4n) is 3.36. The fraction of sp³-hybridized carbons (Fsp3) is 0.765. The highest BCUT2D eigenvalue weighted by Crippen LogP contribution is 2.37. The highest BCUT2D eigenvalue weighted by Gasteiger charge is 2.36. The van der Waals surface area contributed by atoms with E-state index < -0.39 is 0 Å². The van der Waals surface area contributed by atoms with Crippen molar-refractivity contribution in [3.05, 3.63) is 23.3 Å². The van der Waals surface area contributed by atoms with Crippen LogP contribution >= 0.6 is 0 Å². The van der Waals surface area contributed by atoms with Crippen LogP contribution in [0.25, 0.3) is 0 Å². The Bertz CT molecular complexity index is 453. The first-order valence-corrected chi connectivity index (χ1v) is 8.25. The van der Waals surface area contributed by atoms with Crippen molar-refractivity contribution in [2.75, 3.05) is 13.7 Å². The zero-order valence-electron chi connectivity index (χ0n) is 13.9. The van der Waals surface area contributed by atoms with Crippen LogP contribution < -0.4 is 5.32 Å². The molecule has 1 atom stereocenters. The molecule has 1 aromatic rings. The van der Waals surface area contributed by atoms with Crippen LogP contribution in [0, 0.1) is 6.92 Å². The van der Waals surface area contributed by atoms with E-state index in [0.29, 0.717) is 0 Å². The Kier molecular flexibility index (Phi) is 5.71. The van der Waals surface area contributed by atoms with Crippen LogP contribution in [0.2, 0.25) is 0 Å². The average molecular weight is 291 g/mol. The van der Waals surface area contributed by atoms with Gasteiger partial charge in [-0.3, -0.25) is 0 Å². The molecule has 0 bridgehead atoms. The van der Waals surface area contributed by atoms with Crippen molar-refractivity contribution >= 4 is 0 Å². The van der Waals surface area contributed by atoms with Gasteiger partial charge in [-0.05, 0) is 33.2 Å². The zero-order valence-corrected chi connectivity index (χ0v) is 13.9. The number of aryl methyl sites for hydroxylation is 1. The van der Waals surface area contributed by atoms with Crippen molar-refractivity contribution in [1.29, 1.82) is 0 Å². The molecule has 0 radical (unpaired) electrons. The lowest BCUT2D eigenvalue weighted by atomic mass is 9.92. The average Bonchev–Trinajstić information content (AvgIpc) is 2.73. The third-order valence-corrected chi connectivity index (χ3v) is 4.70. The van der Waals surface area contributed by atoms with Crippen LogP contribution in [-0.2, 0) is 10.3 Å². The molecule has 118 valence electrons. The van der Waals surface area contributed by atoms with Gasteiger partial charge < -0.3 is 10.1 Å². The second-order valence-corrected chi connectivity index (χ2v) is 6.13. The van der Waals surface area contributed by atoms with Gasteiger partial charge in [0.15, 0.2) is 5.82 Å². The molecule has 1 saturated carbocycles. The maximum absolute atomic E-state index is 5.91. The van der Waals surface area contributed by atoms with Gasteiger partial charge in [0.05, 0.1) is 0 Å². The molecule has 1 N–H and O–H groups in total. The van der Waals surface area contributed by atoms with Crippen LogP contribution in [0.15, 0.2) is 6.20 Å². The minimum Gasteiger partial charge on any atom is -0.370 e. The van der Waals surface area contributed by atoms with E-state index in [1.165, 1.54) is 31.2 Å². The molecule has 1 fully saturated rings. The highest BCUT2D eigenvalue weighted by atomic mass is 16.5. The van der Waals surface area contributed by atoms with Gasteiger partial charge in [-0.15, -0.1) is 0 Å². The maximum Gasteiger partial charge on any atom is 0.160 e. The molecule has 0 spiro atoms. The quantitative estimate of drug-likeness (QED) is 0.841. The van der Waals surface area contributed by atoms with E-state index >= 15 is 0 Å². The number of ether oxygens (including phenoxy) is 1. The Morgan fingerprint density at radius 2 is 1.95 bits per heavy atom. The van der Waals surface area contributed by atoms with Gasteiger partial charge in [-0.2, -0.15) is 0 Å². The van der Waals surface area contributed by atoms with Gasteiger partial charge in [-0.1, -0.05) is 32.6 Å². The Hall–Kier alpha value is -1.00. The predicted molar refractivity (Wildman–Crippen MR) is 85.2 cm³/mol. The number of hydrogen-bond acceptors (Lipinski definition) is 4. The second-order valence-electron chi connectivity index (χ2n) is 6.13. The number of rotatable bonds is 5. The molecule has 4 heteroatoms. The highest BCUT2D eigenvalue weighted by molar-refractivity contribution is 5.21. The Morgan fingerprint density at radius 1 is 1.29 bits per heavy atom. The van der Waals surface area contributed by atoms with Gasteiger partial charge in [0.2, 0.25) is 0 Å². The molecule has 1 aliphatic rings. The normalized spacial score (nSPS) is 20.0. The summed E-state index contributed by atoms with van der Waals surface area (Å²) in [5, 5.41) is 3.42. The second kappa shape index (κ2) is 7.32. The summed E-state index contributed by atoms with van der Waals surface area (Å²) in [4.78, 5) is 9.48. The topological polar surface area (TPSA) is 47.0 Å². The van der Waals surface area contributed by atoms with Crippen molar-refractivity contribution in [3.8, 4) is 0 Å². The molecule has 0 aliphatic heterocycles. The number of nitrogens with one attached hydrogen (secondary N) is 1. The SMILES string of the molecule is CCNC(C)c1cnc(C2(OC)CCCCCC2)nc1C. The minimum absolute atomic E-state index is 0.277. The first-order chi connectivity index (χ1) is 10.1. The lowest BCUT2D eigenvalue weighted by Crippen LogP contribution is -2.31. The number of aromatic nitrogens is 2. The van der Waals surface area contributed by atoms with Crippen LogP contribution in [-0.4, -0.2) is 23.6 Å². The van der Waals surface area contributed by atoms with Crippen molar-refractivity contribution in [1.82, 2.24) is 15.3 Å². The first kappa shape index (κ1) is 16.4. The monoisotopic (exact) mass is 291 g/mol. The lowest BCUT2D eigenvalue weighted by Gasteiger charge is -2.30. The first-order valence-electron chi connectivity index (χ1n) is 8.25. The van der Waals surface area contributed by atoms with Gasteiger partial charge in [-0.25, -0.2) is 9.97 Å². The zero-order chi connectivity index (χ0) is 15.3. The van der Waals surface area contributed by atoms with Crippen molar-refractivity contribution in [3.63, 3.8) is 0 Å². The van der Waals surface area contributed by atoms with Crippen LogP contribution in [0.5, 0.6) is 0 Å². The Balaban J connectivity index is 2.28. The van der Waals surface area contributed by atoms with Gasteiger partial charge >= 0.3 is 0 Å². The maximum atomic E-state index is 5.91. The predicted octanol–water partition coefficient (Wildman–Crippen LogP) is 3.65. The molecule has 2 rings (SSSR count). The molecule has 0 saturated heterocycles. The molecule has 1 aliphatic carbocycles. The largest absolute Gasteiger partial charge is 0.370 e. The summed E-state index contributed by atoms with van der Waals surface area (Å²) < 4.78 is 5.91. The van der Waals surface area contributed by atoms with E-state index in [0.717, 1.165) is 30.9 Å². The Labute approximate surface area is 128 Å². The molecule has 0 amide bonds. The molecule has 21 heavy (non-hydrogen) atoms. The van der Waals surface area contributed by atoms with E-state index in [2.05, 4.69) is 31.1 Å². The van der Waals surface area contributed by atoms with Gasteiger partial charge in [0.1, 0.15) is 5.60 Å². The van der Waals surface area contributed by atoms with Crippen molar-refractivity contribution in [2.45, 2.75) is 70.9 Å². The minimum atomic E-state index is -0.277. The van der Waals surface area contributed by atoms with Gasteiger partial charge in [0.25, 0.3) is 0 Å². The standard InChI is InChI=1S/C17H29N3O/c1-5-18-13(2)15-12-19-16(20-14(15)3)17(21-4)10-8-6-7-9-11-17/h12-13,18H,5-11H2,1-4H3. The van der Waals surface area contributed by atoms with E-state index in [4.69, 9.17) is 9.72 Å². The fourth-order valence-corrected chi connectivity index (χ4v) is 3.36. The Morgan fingerprint density at radius 3 is 2.48 bits per heavy atom. The van der Waals surface area contributed by atoms with Gasteiger partial charge in [0, 0.05) is 30.6 Å². The third kappa shape index (κ3) is 3.61. The number of hydrogen-bond donors (Lipinski definition) is 1. The molecule has 1 heterocycles. The molecular weight excluding hydrogens is 262 g/mol. The van der Waals surface area contributed by atoms with E-state index in [-0.39, 0.29) is 11.6 Å².